The van der Waals surface area contributed by atoms with Gasteiger partial charge in [-0.1, -0.05) is 104 Å². The minimum atomic E-state index is 0.399. The number of fused-ring (bicyclic) bond motifs is 5. The van der Waals surface area contributed by atoms with Crippen molar-refractivity contribution in [3.8, 4) is 22.3 Å². The maximum absolute atomic E-state index is 4.43. The zero-order valence-corrected chi connectivity index (χ0v) is 29.2. The van der Waals surface area contributed by atoms with Crippen LogP contribution in [0.1, 0.15) is 36.3 Å². The summed E-state index contributed by atoms with van der Waals surface area (Å²) in [6, 6.07) is 47.6. The first-order valence-electron chi connectivity index (χ1n) is 17.8. The van der Waals surface area contributed by atoms with E-state index >= 15 is 0 Å². The standard InChI is InChI=1S/C47H40N2S/c1-32-10-7-8-27-50-47-31-46-44(30-43(32)47)42-15-5-6-16-45(42)49(46)41-14-9-13-37(29-41)34-19-23-39(24-20-34)48(2)40-25-21-35(22-26-40)38-18-17-33-11-3-4-12-36(33)28-38/h3-5,7,9-15,17-26,28-31,42,45H,1,6,8,16,27H2,2H3/b10-7-. The van der Waals surface area contributed by atoms with Crippen molar-refractivity contribution in [1.82, 2.24) is 0 Å². The molecule has 6 aromatic rings. The van der Waals surface area contributed by atoms with Crippen LogP contribution < -0.4 is 9.80 Å². The highest BCUT2D eigenvalue weighted by Gasteiger charge is 2.39. The Bertz CT molecular complexity index is 2300. The summed E-state index contributed by atoms with van der Waals surface area (Å²) >= 11 is 1.96. The lowest BCUT2D eigenvalue weighted by molar-refractivity contribution is 0.565. The number of nitrogens with zero attached hydrogens (tertiary/aromatic N) is 2. The fourth-order valence-electron chi connectivity index (χ4n) is 8.02. The van der Waals surface area contributed by atoms with E-state index in [1.165, 1.54) is 71.8 Å². The van der Waals surface area contributed by atoms with Gasteiger partial charge in [0.25, 0.3) is 0 Å². The average Bonchev–Trinajstić information content (AvgIpc) is 3.49. The Morgan fingerprint density at radius 1 is 0.680 bits per heavy atom. The maximum Gasteiger partial charge on any atom is 0.0464 e. The monoisotopic (exact) mass is 664 g/mol. The molecule has 0 saturated carbocycles. The molecule has 0 spiro atoms. The van der Waals surface area contributed by atoms with E-state index in [1.807, 2.05) is 11.8 Å². The van der Waals surface area contributed by atoms with Gasteiger partial charge in [0.05, 0.1) is 0 Å². The second-order valence-corrected chi connectivity index (χ2v) is 14.8. The number of rotatable bonds is 5. The Morgan fingerprint density at radius 2 is 1.40 bits per heavy atom. The van der Waals surface area contributed by atoms with Crippen molar-refractivity contribution in [3.63, 3.8) is 0 Å². The van der Waals surface area contributed by atoms with Crippen molar-refractivity contribution in [3.05, 3.63) is 169 Å². The van der Waals surface area contributed by atoms with E-state index in [2.05, 4.69) is 175 Å². The number of hydrogen-bond donors (Lipinski definition) is 0. The fourth-order valence-corrected chi connectivity index (χ4v) is 9.03. The minimum absolute atomic E-state index is 0.399. The number of hydrogen-bond acceptors (Lipinski definition) is 3. The third-order valence-electron chi connectivity index (χ3n) is 10.7. The smallest absolute Gasteiger partial charge is 0.0464 e. The SMILES string of the molecule is C=C1/C=C\CCSc2cc3c(cc21)C1C=CCCC1N3c1cccc(-c2ccc(N(C)c3ccc(-c4ccc5ccccc5c4)cc3)cc2)c1. The molecular formula is C47H40N2S. The van der Waals surface area contributed by atoms with Gasteiger partial charge in [-0.15, -0.1) is 11.8 Å². The first kappa shape index (κ1) is 30.8. The van der Waals surface area contributed by atoms with Crippen LogP contribution in [0.15, 0.2) is 163 Å². The topological polar surface area (TPSA) is 6.48 Å². The highest BCUT2D eigenvalue weighted by atomic mass is 32.2. The van der Waals surface area contributed by atoms with Crippen LogP contribution in [0.3, 0.4) is 0 Å². The van der Waals surface area contributed by atoms with Crippen LogP contribution in [0.4, 0.5) is 22.7 Å². The van der Waals surface area contributed by atoms with Gasteiger partial charge in [0.2, 0.25) is 0 Å². The molecule has 3 aliphatic rings. The first-order chi connectivity index (χ1) is 24.6. The fraction of sp³-hybridized carbons (Fsp3) is 0.149. The molecule has 0 N–H and O–H groups in total. The minimum Gasteiger partial charge on any atom is -0.345 e. The van der Waals surface area contributed by atoms with Crippen molar-refractivity contribution in [1.29, 1.82) is 0 Å². The van der Waals surface area contributed by atoms with E-state index in [1.54, 1.807) is 0 Å². The normalized spacial score (nSPS) is 18.6. The van der Waals surface area contributed by atoms with Crippen LogP contribution in [0.2, 0.25) is 0 Å². The second-order valence-electron chi connectivity index (χ2n) is 13.7. The van der Waals surface area contributed by atoms with Crippen LogP contribution in [0, 0.1) is 0 Å². The van der Waals surface area contributed by atoms with Crippen LogP contribution >= 0.6 is 11.8 Å². The lowest BCUT2D eigenvalue weighted by atomic mass is 9.86. The summed E-state index contributed by atoms with van der Waals surface area (Å²) in [5.41, 5.74) is 13.8. The largest absolute Gasteiger partial charge is 0.345 e. The Kier molecular flexibility index (Phi) is 7.94. The average molecular weight is 665 g/mol. The molecule has 2 nitrogen and oxygen atoms in total. The van der Waals surface area contributed by atoms with E-state index < -0.39 is 0 Å². The van der Waals surface area contributed by atoms with Crippen molar-refractivity contribution < 1.29 is 0 Å². The van der Waals surface area contributed by atoms with E-state index in [-0.39, 0.29) is 0 Å². The lowest BCUT2D eigenvalue weighted by Gasteiger charge is -2.32. The zero-order chi connectivity index (χ0) is 33.6. The Balaban J connectivity index is 0.981. The molecule has 3 heteroatoms. The van der Waals surface area contributed by atoms with Crippen molar-refractivity contribution >= 4 is 50.9 Å². The summed E-state index contributed by atoms with van der Waals surface area (Å²) in [6.45, 7) is 4.43. The third-order valence-corrected chi connectivity index (χ3v) is 11.8. The lowest BCUT2D eigenvalue weighted by Crippen LogP contribution is -2.30. The van der Waals surface area contributed by atoms with Gasteiger partial charge in [0.1, 0.15) is 0 Å². The van der Waals surface area contributed by atoms with Crippen LogP contribution in [0.25, 0.3) is 38.6 Å². The second kappa shape index (κ2) is 12.9. The van der Waals surface area contributed by atoms with Gasteiger partial charge in [-0.25, -0.2) is 0 Å². The molecule has 2 aliphatic heterocycles. The summed E-state index contributed by atoms with van der Waals surface area (Å²) in [4.78, 5) is 6.25. The van der Waals surface area contributed by atoms with E-state index in [4.69, 9.17) is 0 Å². The van der Waals surface area contributed by atoms with Gasteiger partial charge in [0.15, 0.2) is 0 Å². The maximum atomic E-state index is 4.43. The third kappa shape index (κ3) is 5.56. The van der Waals surface area contributed by atoms with Gasteiger partial charge < -0.3 is 9.80 Å². The van der Waals surface area contributed by atoms with Gasteiger partial charge in [-0.05, 0) is 124 Å². The Morgan fingerprint density at radius 3 is 2.18 bits per heavy atom. The predicted molar refractivity (Wildman–Crippen MR) is 216 cm³/mol. The molecule has 0 aromatic heterocycles. The number of benzene rings is 6. The summed E-state index contributed by atoms with van der Waals surface area (Å²) in [7, 11) is 2.15. The Labute approximate surface area is 300 Å². The molecule has 2 atom stereocenters. The molecule has 0 bridgehead atoms. The highest BCUT2D eigenvalue weighted by molar-refractivity contribution is 7.99. The summed E-state index contributed by atoms with van der Waals surface area (Å²) in [5, 5.41) is 2.54. The van der Waals surface area contributed by atoms with Gasteiger partial charge in [-0.3, -0.25) is 0 Å². The number of allylic oxidation sites excluding steroid dienone is 4. The molecule has 0 radical (unpaired) electrons. The number of anilines is 4. The molecule has 0 saturated heterocycles. The summed E-state index contributed by atoms with van der Waals surface area (Å²) in [5.74, 6) is 1.50. The first-order valence-corrected chi connectivity index (χ1v) is 18.8. The molecule has 1 aliphatic carbocycles. The van der Waals surface area contributed by atoms with Crippen molar-refractivity contribution in [2.24, 2.45) is 0 Å². The molecule has 50 heavy (non-hydrogen) atoms. The van der Waals surface area contributed by atoms with E-state index in [0.29, 0.717) is 12.0 Å². The molecule has 6 aromatic carbocycles. The van der Waals surface area contributed by atoms with Crippen LogP contribution in [-0.2, 0) is 0 Å². The van der Waals surface area contributed by atoms with Gasteiger partial charge >= 0.3 is 0 Å². The van der Waals surface area contributed by atoms with Crippen molar-refractivity contribution in [2.45, 2.75) is 36.1 Å². The summed E-state index contributed by atoms with van der Waals surface area (Å²) in [6.07, 6.45) is 12.7. The molecule has 0 fully saturated rings. The molecule has 2 unspecified atom stereocenters. The van der Waals surface area contributed by atoms with E-state index in [9.17, 15) is 0 Å². The van der Waals surface area contributed by atoms with E-state index in [0.717, 1.165) is 30.6 Å². The van der Waals surface area contributed by atoms with Crippen LogP contribution in [-0.4, -0.2) is 18.8 Å². The molecule has 244 valence electrons. The molecule has 9 rings (SSSR count). The van der Waals surface area contributed by atoms with Gasteiger partial charge in [0, 0.05) is 52.4 Å². The zero-order valence-electron chi connectivity index (χ0n) is 28.4. The van der Waals surface area contributed by atoms with Crippen molar-refractivity contribution in [2.75, 3.05) is 22.6 Å². The van der Waals surface area contributed by atoms with Gasteiger partial charge in [-0.2, -0.15) is 0 Å². The quantitative estimate of drug-likeness (QED) is 0.169. The highest BCUT2D eigenvalue weighted by Crippen LogP contribution is 2.52. The summed E-state index contributed by atoms with van der Waals surface area (Å²) < 4.78 is 0. The molecule has 0 amide bonds. The molecular weight excluding hydrogens is 625 g/mol. The Hall–Kier alpha value is -5.25. The number of thioether (sulfide) groups is 1. The van der Waals surface area contributed by atoms with Crippen LogP contribution in [0.5, 0.6) is 0 Å². The molecule has 2 heterocycles. The predicted octanol–water partition coefficient (Wildman–Crippen LogP) is 13.0.